The van der Waals surface area contributed by atoms with Crippen molar-refractivity contribution in [3.63, 3.8) is 0 Å². The second-order valence-corrected chi connectivity index (χ2v) is 7.41. The summed E-state index contributed by atoms with van der Waals surface area (Å²) in [4.78, 5) is 26.8. The Bertz CT molecular complexity index is 1030. The summed E-state index contributed by atoms with van der Waals surface area (Å²) >= 11 is 0. The quantitative estimate of drug-likeness (QED) is 0.662. The zero-order valence-corrected chi connectivity index (χ0v) is 17.5. The molecule has 1 aliphatic heterocycles. The molecule has 1 fully saturated rings. The van der Waals surface area contributed by atoms with Crippen LogP contribution in [0.1, 0.15) is 23.7 Å². The van der Waals surface area contributed by atoms with Gasteiger partial charge in [0.05, 0.1) is 19.7 Å². The standard InChI is InChI=1S/C23H26N4O3/c1-16-15-26(23-24-14-17-8-4-5-9-18(17)25-23)12-7-13-27(16)22(28)21-19(29-2)10-6-11-20(21)30-3/h4-6,8-11,14,16H,7,12-13,15H2,1-3H3. The molecule has 0 N–H and O–H groups in total. The Labute approximate surface area is 176 Å². The van der Waals surface area contributed by atoms with Gasteiger partial charge in [-0.1, -0.05) is 24.3 Å². The first-order valence-corrected chi connectivity index (χ1v) is 10.1. The average molecular weight is 406 g/mol. The molecule has 7 nitrogen and oxygen atoms in total. The van der Waals surface area contributed by atoms with Crippen LogP contribution in [0, 0.1) is 0 Å². The first-order chi connectivity index (χ1) is 14.6. The maximum absolute atomic E-state index is 13.5. The highest BCUT2D eigenvalue weighted by atomic mass is 16.5. The zero-order valence-electron chi connectivity index (χ0n) is 17.5. The van der Waals surface area contributed by atoms with Gasteiger partial charge in [0.15, 0.2) is 0 Å². The number of benzene rings is 2. The van der Waals surface area contributed by atoms with Gasteiger partial charge in [0.1, 0.15) is 17.1 Å². The van der Waals surface area contributed by atoms with Crippen LogP contribution in [0.25, 0.3) is 10.9 Å². The summed E-state index contributed by atoms with van der Waals surface area (Å²) in [6.07, 6.45) is 2.68. The topological polar surface area (TPSA) is 67.8 Å². The third-order valence-corrected chi connectivity index (χ3v) is 5.51. The van der Waals surface area contributed by atoms with E-state index in [0.29, 0.717) is 36.1 Å². The molecule has 2 heterocycles. The summed E-state index contributed by atoms with van der Waals surface area (Å²) < 4.78 is 10.9. The van der Waals surface area contributed by atoms with E-state index in [0.717, 1.165) is 23.9 Å². The van der Waals surface area contributed by atoms with Crippen molar-refractivity contribution < 1.29 is 14.3 Å². The number of rotatable bonds is 4. The minimum Gasteiger partial charge on any atom is -0.496 e. The number of nitrogens with zero attached hydrogens (tertiary/aromatic N) is 4. The number of methoxy groups -OCH3 is 2. The van der Waals surface area contributed by atoms with Gasteiger partial charge < -0.3 is 19.3 Å². The lowest BCUT2D eigenvalue weighted by Crippen LogP contribution is -2.43. The molecule has 1 saturated heterocycles. The largest absolute Gasteiger partial charge is 0.496 e. The number of para-hydroxylation sites is 1. The van der Waals surface area contributed by atoms with Gasteiger partial charge in [-0.2, -0.15) is 0 Å². The van der Waals surface area contributed by atoms with Gasteiger partial charge in [0.25, 0.3) is 5.91 Å². The van der Waals surface area contributed by atoms with Gasteiger partial charge in [-0.25, -0.2) is 9.97 Å². The van der Waals surface area contributed by atoms with E-state index in [1.807, 2.05) is 41.4 Å². The molecule has 0 radical (unpaired) electrons. The van der Waals surface area contributed by atoms with Crippen LogP contribution in [0.5, 0.6) is 11.5 Å². The van der Waals surface area contributed by atoms with Gasteiger partial charge in [-0.15, -0.1) is 0 Å². The van der Waals surface area contributed by atoms with E-state index in [2.05, 4.69) is 16.8 Å². The summed E-state index contributed by atoms with van der Waals surface area (Å²) in [5.41, 5.74) is 1.39. The maximum Gasteiger partial charge on any atom is 0.261 e. The molecule has 30 heavy (non-hydrogen) atoms. The molecule has 156 valence electrons. The first kappa shape index (κ1) is 19.9. The molecule has 7 heteroatoms. The summed E-state index contributed by atoms with van der Waals surface area (Å²) in [5.74, 6) is 1.65. The molecule has 4 rings (SSSR count). The summed E-state index contributed by atoms with van der Waals surface area (Å²) in [6, 6.07) is 13.3. The van der Waals surface area contributed by atoms with Crippen LogP contribution >= 0.6 is 0 Å². The number of ether oxygens (including phenoxy) is 2. The molecular weight excluding hydrogens is 380 g/mol. The Kier molecular flexibility index (Phi) is 5.70. The Morgan fingerprint density at radius 2 is 1.77 bits per heavy atom. The van der Waals surface area contributed by atoms with Gasteiger partial charge in [0.2, 0.25) is 5.95 Å². The van der Waals surface area contributed by atoms with Crippen LogP contribution in [0.2, 0.25) is 0 Å². The van der Waals surface area contributed by atoms with E-state index in [1.165, 1.54) is 0 Å². The van der Waals surface area contributed by atoms with Crippen LogP contribution in [0.4, 0.5) is 5.95 Å². The lowest BCUT2D eigenvalue weighted by Gasteiger charge is -2.30. The molecule has 3 aromatic rings. The third kappa shape index (κ3) is 3.75. The molecular formula is C23H26N4O3. The van der Waals surface area contributed by atoms with E-state index >= 15 is 0 Å². The second kappa shape index (κ2) is 8.57. The van der Waals surface area contributed by atoms with Gasteiger partial charge in [-0.3, -0.25) is 4.79 Å². The molecule has 2 aromatic carbocycles. The number of carbonyl (C=O) groups is 1. The molecule has 0 bridgehead atoms. The Hall–Kier alpha value is -3.35. The minimum absolute atomic E-state index is 0.0234. The van der Waals surface area contributed by atoms with Crippen molar-refractivity contribution in [1.29, 1.82) is 0 Å². The predicted molar refractivity (Wildman–Crippen MR) is 116 cm³/mol. The highest BCUT2D eigenvalue weighted by Crippen LogP contribution is 2.31. The lowest BCUT2D eigenvalue weighted by molar-refractivity contribution is 0.0701. The minimum atomic E-state index is -0.0851. The number of anilines is 1. The van der Waals surface area contributed by atoms with Gasteiger partial charge in [0, 0.05) is 37.3 Å². The fourth-order valence-corrected chi connectivity index (χ4v) is 3.96. The zero-order chi connectivity index (χ0) is 21.1. The van der Waals surface area contributed by atoms with Crippen LogP contribution in [0.3, 0.4) is 0 Å². The van der Waals surface area contributed by atoms with E-state index in [-0.39, 0.29) is 11.9 Å². The average Bonchev–Trinajstić information content (AvgIpc) is 2.99. The monoisotopic (exact) mass is 406 g/mol. The highest BCUT2D eigenvalue weighted by molar-refractivity contribution is 6.00. The van der Waals surface area contributed by atoms with E-state index in [4.69, 9.17) is 14.5 Å². The van der Waals surface area contributed by atoms with Gasteiger partial charge in [-0.05, 0) is 31.5 Å². The second-order valence-electron chi connectivity index (χ2n) is 7.41. The molecule has 1 amide bonds. The number of hydrogen-bond donors (Lipinski definition) is 0. The maximum atomic E-state index is 13.5. The Morgan fingerprint density at radius 1 is 1.03 bits per heavy atom. The number of fused-ring (bicyclic) bond motifs is 1. The Balaban J connectivity index is 1.59. The molecule has 1 unspecified atom stereocenters. The smallest absolute Gasteiger partial charge is 0.261 e. The SMILES string of the molecule is COc1cccc(OC)c1C(=O)N1CCCN(c2ncc3ccccc3n2)CC1C. The van der Waals surface area contributed by atoms with Crippen molar-refractivity contribution in [3.05, 3.63) is 54.2 Å². The van der Waals surface area contributed by atoms with Crippen LogP contribution < -0.4 is 14.4 Å². The summed E-state index contributed by atoms with van der Waals surface area (Å²) in [6.45, 7) is 4.14. The molecule has 0 saturated carbocycles. The van der Waals surface area contributed by atoms with Crippen molar-refractivity contribution in [2.45, 2.75) is 19.4 Å². The lowest BCUT2D eigenvalue weighted by atomic mass is 10.1. The first-order valence-electron chi connectivity index (χ1n) is 10.1. The van der Waals surface area contributed by atoms with Crippen LogP contribution in [-0.4, -0.2) is 60.7 Å². The van der Waals surface area contributed by atoms with Crippen molar-refractivity contribution in [2.75, 3.05) is 38.8 Å². The van der Waals surface area contributed by atoms with Gasteiger partial charge >= 0.3 is 0 Å². The Morgan fingerprint density at radius 3 is 2.50 bits per heavy atom. The molecule has 1 atom stereocenters. The van der Waals surface area contributed by atoms with Crippen LogP contribution in [-0.2, 0) is 0 Å². The fourth-order valence-electron chi connectivity index (χ4n) is 3.96. The van der Waals surface area contributed by atoms with E-state index < -0.39 is 0 Å². The number of carbonyl (C=O) groups excluding carboxylic acids is 1. The number of aromatic nitrogens is 2. The van der Waals surface area contributed by atoms with Crippen molar-refractivity contribution in [2.24, 2.45) is 0 Å². The normalized spacial score (nSPS) is 17.0. The van der Waals surface area contributed by atoms with Crippen LogP contribution in [0.15, 0.2) is 48.7 Å². The molecule has 1 aromatic heterocycles. The highest BCUT2D eigenvalue weighted by Gasteiger charge is 2.30. The number of amides is 1. The van der Waals surface area contributed by atoms with Crippen molar-refractivity contribution in [3.8, 4) is 11.5 Å². The third-order valence-electron chi connectivity index (χ3n) is 5.51. The predicted octanol–water partition coefficient (Wildman–Crippen LogP) is 3.39. The summed E-state index contributed by atoms with van der Waals surface area (Å²) in [5, 5.41) is 1.02. The molecule has 0 spiro atoms. The number of hydrogen-bond acceptors (Lipinski definition) is 6. The van der Waals surface area contributed by atoms with E-state index in [1.54, 1.807) is 26.4 Å². The van der Waals surface area contributed by atoms with Crippen molar-refractivity contribution in [1.82, 2.24) is 14.9 Å². The fraction of sp³-hybridized carbons (Fsp3) is 0.348. The van der Waals surface area contributed by atoms with Crippen molar-refractivity contribution >= 4 is 22.8 Å². The molecule has 1 aliphatic rings. The molecule has 0 aliphatic carbocycles. The van der Waals surface area contributed by atoms with E-state index in [9.17, 15) is 4.79 Å². The summed E-state index contributed by atoms with van der Waals surface area (Å²) in [7, 11) is 3.13.